The zero-order chi connectivity index (χ0) is 16.4. The van der Waals surface area contributed by atoms with Crippen LogP contribution >= 0.6 is 11.6 Å². The van der Waals surface area contributed by atoms with Crippen LogP contribution in [0.15, 0.2) is 54.6 Å². The molecule has 23 heavy (non-hydrogen) atoms. The summed E-state index contributed by atoms with van der Waals surface area (Å²) in [4.78, 5) is 16.5. The van der Waals surface area contributed by atoms with Crippen molar-refractivity contribution in [2.45, 2.75) is 6.92 Å². The van der Waals surface area contributed by atoms with E-state index in [9.17, 15) is 9.18 Å². The van der Waals surface area contributed by atoms with Crippen LogP contribution in [-0.4, -0.2) is 10.8 Å². The third-order valence-electron chi connectivity index (χ3n) is 3.55. The number of hydrogen-bond acceptors (Lipinski definition) is 2. The molecule has 3 aromatic rings. The van der Waals surface area contributed by atoms with E-state index in [0.29, 0.717) is 16.3 Å². The van der Waals surface area contributed by atoms with Crippen molar-refractivity contribution in [1.29, 1.82) is 0 Å². The molecule has 0 aliphatic carbocycles. The Balaban J connectivity index is 1.95. The molecule has 2 nitrogen and oxygen atoms in total. The Kier molecular flexibility index (Phi) is 4.22. The van der Waals surface area contributed by atoms with E-state index in [0.717, 1.165) is 16.5 Å². The lowest BCUT2D eigenvalue weighted by Crippen LogP contribution is -1.95. The van der Waals surface area contributed by atoms with Crippen molar-refractivity contribution < 1.29 is 9.18 Å². The molecule has 0 aliphatic rings. The summed E-state index contributed by atoms with van der Waals surface area (Å²) in [5.41, 5.74) is 2.82. The summed E-state index contributed by atoms with van der Waals surface area (Å²) in [6.07, 6.45) is 2.98. The van der Waals surface area contributed by atoms with Gasteiger partial charge in [-0.2, -0.15) is 0 Å². The maximum Gasteiger partial charge on any atom is 0.185 e. The summed E-state index contributed by atoms with van der Waals surface area (Å²) in [6.45, 7) is 1.97. The maximum absolute atomic E-state index is 13.2. The van der Waals surface area contributed by atoms with E-state index in [1.54, 1.807) is 12.1 Å². The molecule has 1 heterocycles. The number of allylic oxidation sites excluding steroid dienone is 1. The van der Waals surface area contributed by atoms with Gasteiger partial charge in [-0.05, 0) is 42.8 Å². The molecule has 0 aliphatic heterocycles. The number of aryl methyl sites for hydroxylation is 1. The Bertz CT molecular complexity index is 934. The normalized spacial score (nSPS) is 11.3. The highest BCUT2D eigenvalue weighted by Crippen LogP contribution is 2.24. The van der Waals surface area contributed by atoms with Gasteiger partial charge in [0.25, 0.3) is 0 Å². The van der Waals surface area contributed by atoms with E-state index in [2.05, 4.69) is 4.98 Å². The van der Waals surface area contributed by atoms with Gasteiger partial charge >= 0.3 is 0 Å². The Morgan fingerprint density at radius 3 is 2.74 bits per heavy atom. The average molecular weight is 326 g/mol. The van der Waals surface area contributed by atoms with Crippen LogP contribution in [0.2, 0.25) is 5.15 Å². The first-order valence-electron chi connectivity index (χ1n) is 7.08. The van der Waals surface area contributed by atoms with E-state index >= 15 is 0 Å². The minimum absolute atomic E-state index is 0.287. The zero-order valence-corrected chi connectivity index (χ0v) is 13.1. The molecule has 3 rings (SSSR count). The summed E-state index contributed by atoms with van der Waals surface area (Å²) < 4.78 is 13.2. The zero-order valence-electron chi connectivity index (χ0n) is 12.4. The summed E-state index contributed by atoms with van der Waals surface area (Å²) in [6, 6.07) is 13.3. The Hall–Kier alpha value is -2.52. The van der Waals surface area contributed by atoms with Crippen molar-refractivity contribution in [1.82, 2.24) is 4.98 Å². The van der Waals surface area contributed by atoms with E-state index in [4.69, 9.17) is 11.6 Å². The fourth-order valence-corrected chi connectivity index (χ4v) is 2.56. The predicted molar refractivity (Wildman–Crippen MR) is 91.3 cm³/mol. The van der Waals surface area contributed by atoms with Crippen LogP contribution < -0.4 is 0 Å². The number of halogens is 2. The van der Waals surface area contributed by atoms with E-state index in [1.165, 1.54) is 24.3 Å². The lowest BCUT2D eigenvalue weighted by molar-refractivity contribution is 0.104. The van der Waals surface area contributed by atoms with Gasteiger partial charge in [0.05, 0.1) is 5.52 Å². The predicted octanol–water partition coefficient (Wildman–Crippen LogP) is 5.23. The van der Waals surface area contributed by atoms with Crippen molar-refractivity contribution in [2.75, 3.05) is 0 Å². The second-order valence-corrected chi connectivity index (χ2v) is 5.58. The summed E-state index contributed by atoms with van der Waals surface area (Å²) in [7, 11) is 0. The molecule has 0 saturated carbocycles. The number of nitrogens with zero attached hydrogens (tertiary/aromatic N) is 1. The number of rotatable bonds is 3. The third kappa shape index (κ3) is 3.30. The van der Waals surface area contributed by atoms with Gasteiger partial charge in [-0.1, -0.05) is 41.9 Å². The van der Waals surface area contributed by atoms with Gasteiger partial charge in [0.1, 0.15) is 11.0 Å². The molecule has 0 amide bonds. The van der Waals surface area contributed by atoms with Gasteiger partial charge in [0, 0.05) is 16.5 Å². The van der Waals surface area contributed by atoms with Crippen molar-refractivity contribution in [3.63, 3.8) is 0 Å². The van der Waals surface area contributed by atoms with Gasteiger partial charge in [-0.25, -0.2) is 9.37 Å². The maximum atomic E-state index is 13.2. The Labute approximate surface area is 138 Å². The van der Waals surface area contributed by atoms with E-state index in [1.807, 2.05) is 31.2 Å². The van der Waals surface area contributed by atoms with Crippen LogP contribution in [0.4, 0.5) is 4.39 Å². The van der Waals surface area contributed by atoms with Crippen molar-refractivity contribution in [3.05, 3.63) is 82.3 Å². The molecular formula is C19H13ClFNO. The van der Waals surface area contributed by atoms with Crippen LogP contribution in [0.1, 0.15) is 21.5 Å². The molecule has 0 unspecified atom stereocenters. The minimum atomic E-state index is -0.440. The number of hydrogen-bond donors (Lipinski definition) is 0. The molecule has 0 bridgehead atoms. The van der Waals surface area contributed by atoms with E-state index in [-0.39, 0.29) is 5.78 Å². The third-order valence-corrected chi connectivity index (χ3v) is 3.85. The minimum Gasteiger partial charge on any atom is -0.289 e. The van der Waals surface area contributed by atoms with Crippen molar-refractivity contribution in [3.8, 4) is 0 Å². The number of aromatic nitrogens is 1. The molecule has 0 saturated heterocycles. The molecule has 114 valence electrons. The second-order valence-electron chi connectivity index (χ2n) is 5.22. The highest BCUT2D eigenvalue weighted by Gasteiger charge is 2.06. The quantitative estimate of drug-likeness (QED) is 0.375. The first-order chi connectivity index (χ1) is 11.0. The molecule has 0 N–H and O–H groups in total. The Morgan fingerprint density at radius 1 is 1.17 bits per heavy atom. The van der Waals surface area contributed by atoms with Gasteiger partial charge in [0.2, 0.25) is 0 Å². The van der Waals surface area contributed by atoms with Crippen LogP contribution in [0.3, 0.4) is 0 Å². The number of pyridine rings is 1. The highest BCUT2D eigenvalue weighted by atomic mass is 35.5. The topological polar surface area (TPSA) is 30.0 Å². The van der Waals surface area contributed by atoms with Gasteiger partial charge in [0.15, 0.2) is 5.78 Å². The fraction of sp³-hybridized carbons (Fsp3) is 0.0526. The average Bonchev–Trinajstić information content (AvgIpc) is 2.53. The molecule has 0 radical (unpaired) electrons. The number of para-hydroxylation sites is 1. The lowest BCUT2D eigenvalue weighted by Gasteiger charge is -2.04. The van der Waals surface area contributed by atoms with Gasteiger partial charge in [-0.3, -0.25) is 4.79 Å². The number of fused-ring (bicyclic) bond motifs is 1. The van der Waals surface area contributed by atoms with Crippen LogP contribution in [-0.2, 0) is 0 Å². The molecule has 2 aromatic carbocycles. The first-order valence-corrected chi connectivity index (χ1v) is 7.46. The van der Waals surface area contributed by atoms with Crippen LogP contribution in [0.25, 0.3) is 17.0 Å². The molecule has 0 fully saturated rings. The summed E-state index contributed by atoms with van der Waals surface area (Å²) >= 11 is 6.20. The van der Waals surface area contributed by atoms with E-state index < -0.39 is 5.82 Å². The fourth-order valence-electron chi connectivity index (χ4n) is 2.36. The number of carbonyl (C=O) groups is 1. The summed E-state index contributed by atoms with van der Waals surface area (Å²) in [5, 5.41) is 1.28. The number of ketones is 1. The van der Waals surface area contributed by atoms with Gasteiger partial charge < -0.3 is 0 Å². The molecule has 4 heteroatoms. The smallest absolute Gasteiger partial charge is 0.185 e. The number of carbonyl (C=O) groups excluding carboxylic acids is 1. The highest BCUT2D eigenvalue weighted by molar-refractivity contribution is 6.31. The van der Waals surface area contributed by atoms with Crippen LogP contribution in [0.5, 0.6) is 0 Å². The molecular weight excluding hydrogens is 313 g/mol. The van der Waals surface area contributed by atoms with Crippen molar-refractivity contribution in [2.24, 2.45) is 0 Å². The lowest BCUT2D eigenvalue weighted by atomic mass is 10.1. The Morgan fingerprint density at radius 2 is 1.96 bits per heavy atom. The van der Waals surface area contributed by atoms with Gasteiger partial charge in [-0.15, -0.1) is 0 Å². The largest absolute Gasteiger partial charge is 0.289 e. The molecule has 1 aromatic heterocycles. The van der Waals surface area contributed by atoms with Crippen molar-refractivity contribution >= 4 is 34.4 Å². The standard InChI is InChI=1S/C19H13ClFNO/c1-12-4-2-6-14-10-15(19(20)22-18(12)14)8-9-17(23)13-5-3-7-16(21)11-13/h2-11H,1H3. The first kappa shape index (κ1) is 15.4. The molecule has 0 atom stereocenters. The second kappa shape index (κ2) is 6.31. The van der Waals surface area contributed by atoms with Crippen LogP contribution in [0, 0.1) is 12.7 Å². The SMILES string of the molecule is Cc1cccc2cc(C=CC(=O)c3cccc(F)c3)c(Cl)nc12. The summed E-state index contributed by atoms with van der Waals surface area (Å²) in [5.74, 6) is -0.727. The monoisotopic (exact) mass is 325 g/mol. The molecule has 0 spiro atoms. The number of benzene rings is 2.